The predicted octanol–water partition coefficient (Wildman–Crippen LogP) is 2.28. The lowest BCUT2D eigenvalue weighted by Crippen LogP contribution is -2.46. The van der Waals surface area contributed by atoms with Crippen LogP contribution in [-0.2, 0) is 28.6 Å². The maximum absolute atomic E-state index is 12.1. The van der Waals surface area contributed by atoms with Gasteiger partial charge >= 0.3 is 11.9 Å². The molecule has 1 amide bonds. The predicted molar refractivity (Wildman–Crippen MR) is 109 cm³/mol. The number of nitrogens with one attached hydrogen (secondary N) is 1. The standard InChI is InChI=1S/C21H37NO7/c1-4-6-7-8-9-11-19(24)22-17(18(23)10-5-2)16-29-21(26)13-12-20(25)28-15-14-27-3/h5,10,17-18,23H,4,6-9,11-16H2,1-3H3,(H,22,24)/b10-5+. The number of carbonyl (C=O) groups is 3. The lowest BCUT2D eigenvalue weighted by Gasteiger charge is -2.22. The summed E-state index contributed by atoms with van der Waals surface area (Å²) in [5.41, 5.74) is 0. The molecule has 0 fully saturated rings. The minimum atomic E-state index is -0.976. The molecule has 2 unspecified atom stereocenters. The average Bonchev–Trinajstić information content (AvgIpc) is 2.69. The number of hydrogen-bond acceptors (Lipinski definition) is 7. The third-order valence-electron chi connectivity index (χ3n) is 4.16. The summed E-state index contributed by atoms with van der Waals surface area (Å²) in [6.07, 6.45) is 7.49. The van der Waals surface area contributed by atoms with Gasteiger partial charge in [-0.3, -0.25) is 14.4 Å². The molecule has 0 aromatic rings. The fourth-order valence-corrected chi connectivity index (χ4v) is 2.50. The first-order valence-electron chi connectivity index (χ1n) is 10.3. The second kappa shape index (κ2) is 18.1. The van der Waals surface area contributed by atoms with Crippen LogP contribution in [0.15, 0.2) is 12.2 Å². The van der Waals surface area contributed by atoms with Gasteiger partial charge in [0.2, 0.25) is 5.91 Å². The van der Waals surface area contributed by atoms with Crippen LogP contribution < -0.4 is 5.32 Å². The Hall–Kier alpha value is -1.93. The fraction of sp³-hybridized carbons (Fsp3) is 0.762. The number of aliphatic hydroxyl groups excluding tert-OH is 1. The molecule has 0 aliphatic rings. The molecule has 0 aromatic carbocycles. The summed E-state index contributed by atoms with van der Waals surface area (Å²) in [6, 6.07) is -0.744. The Kier molecular flexibility index (Phi) is 16.9. The highest BCUT2D eigenvalue weighted by Crippen LogP contribution is 2.06. The van der Waals surface area contributed by atoms with E-state index in [1.165, 1.54) is 13.2 Å². The van der Waals surface area contributed by atoms with Gasteiger partial charge in [0.25, 0.3) is 0 Å². The number of aliphatic hydroxyl groups is 1. The van der Waals surface area contributed by atoms with Crippen LogP contribution in [0.25, 0.3) is 0 Å². The first-order chi connectivity index (χ1) is 13.9. The average molecular weight is 416 g/mol. The highest BCUT2D eigenvalue weighted by molar-refractivity contribution is 5.78. The van der Waals surface area contributed by atoms with Gasteiger partial charge in [0.05, 0.1) is 31.6 Å². The molecule has 8 nitrogen and oxygen atoms in total. The number of methoxy groups -OCH3 is 1. The van der Waals surface area contributed by atoms with Crippen molar-refractivity contribution in [3.05, 3.63) is 12.2 Å². The summed E-state index contributed by atoms with van der Waals surface area (Å²) in [4.78, 5) is 35.4. The Bertz CT molecular complexity index is 493. The zero-order valence-electron chi connectivity index (χ0n) is 18.0. The number of esters is 2. The van der Waals surface area contributed by atoms with E-state index in [-0.39, 0.29) is 32.0 Å². The van der Waals surface area contributed by atoms with Gasteiger partial charge in [-0.15, -0.1) is 0 Å². The quantitative estimate of drug-likeness (QED) is 0.213. The molecule has 0 radical (unpaired) electrons. The molecule has 2 atom stereocenters. The van der Waals surface area contributed by atoms with Crippen LogP contribution in [0, 0.1) is 0 Å². The fourth-order valence-electron chi connectivity index (χ4n) is 2.50. The van der Waals surface area contributed by atoms with Crippen LogP contribution in [0.3, 0.4) is 0 Å². The molecular weight excluding hydrogens is 378 g/mol. The minimum Gasteiger partial charge on any atom is -0.463 e. The van der Waals surface area contributed by atoms with Crippen molar-refractivity contribution in [2.24, 2.45) is 0 Å². The molecular formula is C21H37NO7. The van der Waals surface area contributed by atoms with E-state index in [1.807, 2.05) is 0 Å². The van der Waals surface area contributed by atoms with E-state index in [2.05, 4.69) is 12.2 Å². The number of unbranched alkanes of at least 4 members (excludes halogenated alkanes) is 4. The van der Waals surface area contributed by atoms with Crippen LogP contribution >= 0.6 is 0 Å². The largest absolute Gasteiger partial charge is 0.463 e. The Morgan fingerprint density at radius 2 is 1.62 bits per heavy atom. The van der Waals surface area contributed by atoms with Crippen molar-refractivity contribution >= 4 is 17.8 Å². The first-order valence-corrected chi connectivity index (χ1v) is 10.3. The van der Waals surface area contributed by atoms with Gasteiger partial charge in [-0.25, -0.2) is 0 Å². The van der Waals surface area contributed by atoms with E-state index in [9.17, 15) is 19.5 Å². The van der Waals surface area contributed by atoms with Gasteiger partial charge < -0.3 is 24.6 Å². The second-order valence-corrected chi connectivity index (χ2v) is 6.75. The molecule has 0 aromatic heterocycles. The van der Waals surface area contributed by atoms with Crippen molar-refractivity contribution in [1.82, 2.24) is 5.32 Å². The SMILES string of the molecule is C/C=C/C(O)C(COC(=O)CCC(=O)OCCOC)NC(=O)CCCCCCC. The van der Waals surface area contributed by atoms with Crippen LogP contribution in [0.2, 0.25) is 0 Å². The first kappa shape index (κ1) is 27.1. The van der Waals surface area contributed by atoms with E-state index in [0.29, 0.717) is 13.0 Å². The number of carbonyl (C=O) groups excluding carboxylic acids is 3. The Labute approximate surface area is 174 Å². The van der Waals surface area contributed by atoms with Gasteiger partial charge in [0.1, 0.15) is 13.2 Å². The topological polar surface area (TPSA) is 111 Å². The lowest BCUT2D eigenvalue weighted by atomic mass is 10.1. The van der Waals surface area contributed by atoms with Crippen LogP contribution in [-0.4, -0.2) is 62.0 Å². The van der Waals surface area contributed by atoms with Gasteiger partial charge in [-0.1, -0.05) is 44.8 Å². The van der Waals surface area contributed by atoms with Crippen molar-refractivity contribution in [3.63, 3.8) is 0 Å². The molecule has 0 spiro atoms. The van der Waals surface area contributed by atoms with E-state index in [1.54, 1.807) is 13.0 Å². The van der Waals surface area contributed by atoms with Crippen molar-refractivity contribution < 1.29 is 33.7 Å². The summed E-state index contributed by atoms with van der Waals surface area (Å²) >= 11 is 0. The maximum Gasteiger partial charge on any atom is 0.306 e. The number of rotatable bonds is 17. The maximum atomic E-state index is 12.1. The molecule has 0 rings (SSSR count). The molecule has 0 aliphatic carbocycles. The highest BCUT2D eigenvalue weighted by Gasteiger charge is 2.21. The van der Waals surface area contributed by atoms with Gasteiger partial charge in [0, 0.05) is 13.5 Å². The van der Waals surface area contributed by atoms with Gasteiger partial charge in [-0.2, -0.15) is 0 Å². The van der Waals surface area contributed by atoms with Crippen LogP contribution in [0.4, 0.5) is 0 Å². The minimum absolute atomic E-state index is 0.102. The summed E-state index contributed by atoms with van der Waals surface area (Å²) in [5.74, 6) is -1.30. The number of amides is 1. The third-order valence-corrected chi connectivity index (χ3v) is 4.16. The molecule has 2 N–H and O–H groups in total. The lowest BCUT2D eigenvalue weighted by molar-refractivity contribution is -0.151. The number of allylic oxidation sites excluding steroid dienone is 1. The van der Waals surface area contributed by atoms with E-state index in [0.717, 1.165) is 32.1 Å². The Morgan fingerprint density at radius 3 is 2.24 bits per heavy atom. The molecule has 0 bridgehead atoms. The van der Waals surface area contributed by atoms with E-state index in [4.69, 9.17) is 14.2 Å². The molecule has 0 aliphatic heterocycles. The Balaban J connectivity index is 4.33. The third kappa shape index (κ3) is 15.6. The van der Waals surface area contributed by atoms with Crippen molar-refractivity contribution in [2.45, 2.75) is 77.4 Å². The monoisotopic (exact) mass is 415 g/mol. The molecule has 168 valence electrons. The molecule has 8 heteroatoms. The number of ether oxygens (including phenoxy) is 3. The second-order valence-electron chi connectivity index (χ2n) is 6.75. The van der Waals surface area contributed by atoms with Gasteiger partial charge in [-0.05, 0) is 13.3 Å². The Morgan fingerprint density at radius 1 is 0.966 bits per heavy atom. The van der Waals surface area contributed by atoms with E-state index >= 15 is 0 Å². The molecule has 0 saturated carbocycles. The van der Waals surface area contributed by atoms with Gasteiger partial charge in [0.15, 0.2) is 0 Å². The normalized spacial score (nSPS) is 13.1. The van der Waals surface area contributed by atoms with Crippen molar-refractivity contribution in [3.8, 4) is 0 Å². The zero-order valence-corrected chi connectivity index (χ0v) is 18.0. The van der Waals surface area contributed by atoms with Crippen molar-refractivity contribution in [1.29, 1.82) is 0 Å². The summed E-state index contributed by atoms with van der Waals surface area (Å²) in [7, 11) is 1.50. The van der Waals surface area contributed by atoms with Crippen LogP contribution in [0.1, 0.15) is 65.2 Å². The number of hydrogen-bond donors (Lipinski definition) is 2. The molecule has 29 heavy (non-hydrogen) atoms. The highest BCUT2D eigenvalue weighted by atomic mass is 16.6. The summed E-state index contributed by atoms with van der Waals surface area (Å²) in [6.45, 7) is 4.12. The smallest absolute Gasteiger partial charge is 0.306 e. The van der Waals surface area contributed by atoms with Crippen LogP contribution in [0.5, 0.6) is 0 Å². The zero-order chi connectivity index (χ0) is 21.9. The molecule has 0 heterocycles. The summed E-state index contributed by atoms with van der Waals surface area (Å²) < 4.78 is 14.8. The van der Waals surface area contributed by atoms with E-state index < -0.39 is 24.1 Å². The van der Waals surface area contributed by atoms with Crippen molar-refractivity contribution in [2.75, 3.05) is 26.9 Å². The summed E-state index contributed by atoms with van der Waals surface area (Å²) in [5, 5.41) is 12.9. The molecule has 0 saturated heterocycles.